The van der Waals surface area contributed by atoms with Gasteiger partial charge in [0.2, 0.25) is 5.69 Å². The third-order valence-corrected chi connectivity index (χ3v) is 7.17. The number of benzene rings is 3. The Bertz CT molecular complexity index is 1470. The van der Waals surface area contributed by atoms with Crippen LogP contribution < -0.4 is 4.57 Å². The number of fused-ring (bicyclic) bond motifs is 1. The van der Waals surface area contributed by atoms with Crippen LogP contribution in [-0.4, -0.2) is 4.57 Å². The molecule has 0 amide bonds. The summed E-state index contributed by atoms with van der Waals surface area (Å²) in [6.45, 7) is 11.5. The smallest absolute Gasteiger partial charge is 0.229 e. The first-order valence-corrected chi connectivity index (χ1v) is 12.7. The summed E-state index contributed by atoms with van der Waals surface area (Å²) in [6.07, 6.45) is 2.14. The number of para-hydroxylation sites is 1. The minimum absolute atomic E-state index is 0.380. The molecule has 3 aromatic carbocycles. The fourth-order valence-corrected chi connectivity index (χ4v) is 5.33. The molecule has 2 nitrogen and oxygen atoms in total. The summed E-state index contributed by atoms with van der Waals surface area (Å²) in [5.41, 5.74) is 11.7. The second-order valence-electron chi connectivity index (χ2n) is 10.2. The summed E-state index contributed by atoms with van der Waals surface area (Å²) in [4.78, 5) is 0. The monoisotopic (exact) mass is 459 g/mol. The van der Waals surface area contributed by atoms with Gasteiger partial charge in [0.25, 0.3) is 0 Å². The molecule has 0 atom stereocenters. The van der Waals surface area contributed by atoms with Crippen LogP contribution in [0.5, 0.6) is 0 Å². The van der Waals surface area contributed by atoms with Crippen LogP contribution in [0.1, 0.15) is 56.2 Å². The van der Waals surface area contributed by atoms with Crippen LogP contribution in [0, 0.1) is 6.92 Å². The van der Waals surface area contributed by atoms with E-state index in [0.29, 0.717) is 11.8 Å². The Morgan fingerprint density at radius 1 is 0.686 bits per heavy atom. The van der Waals surface area contributed by atoms with Gasteiger partial charge in [0.1, 0.15) is 12.7 Å². The van der Waals surface area contributed by atoms with Crippen molar-refractivity contribution in [2.24, 2.45) is 7.05 Å². The summed E-state index contributed by atoms with van der Waals surface area (Å²) >= 11 is 0. The highest BCUT2D eigenvalue weighted by atomic mass is 15.0. The molecule has 0 fully saturated rings. The van der Waals surface area contributed by atoms with Gasteiger partial charge < -0.3 is 4.57 Å². The zero-order chi connectivity index (χ0) is 24.7. The third kappa shape index (κ3) is 3.97. The van der Waals surface area contributed by atoms with Gasteiger partial charge in [-0.1, -0.05) is 76.2 Å². The topological polar surface area (TPSA) is 8.81 Å². The van der Waals surface area contributed by atoms with E-state index in [-0.39, 0.29) is 0 Å². The molecule has 0 spiro atoms. The molecule has 35 heavy (non-hydrogen) atoms. The minimum atomic E-state index is 0.380. The summed E-state index contributed by atoms with van der Waals surface area (Å²) in [6, 6.07) is 30.9. The van der Waals surface area contributed by atoms with Crippen LogP contribution in [-0.2, 0) is 7.05 Å². The van der Waals surface area contributed by atoms with Crippen LogP contribution in [0.25, 0.3) is 39.1 Å². The van der Waals surface area contributed by atoms with E-state index in [0.717, 1.165) is 0 Å². The maximum absolute atomic E-state index is 2.54. The highest BCUT2D eigenvalue weighted by Crippen LogP contribution is 2.42. The van der Waals surface area contributed by atoms with Crippen molar-refractivity contribution in [3.05, 3.63) is 108 Å². The molecule has 0 aliphatic carbocycles. The highest BCUT2D eigenvalue weighted by Gasteiger charge is 2.27. The number of hydrogen-bond donors (Lipinski definition) is 0. The van der Waals surface area contributed by atoms with Crippen molar-refractivity contribution in [1.29, 1.82) is 0 Å². The molecule has 0 radical (unpaired) electrons. The van der Waals surface area contributed by atoms with Crippen LogP contribution in [0.3, 0.4) is 0 Å². The zero-order valence-corrected chi connectivity index (χ0v) is 21.7. The van der Waals surface area contributed by atoms with Crippen molar-refractivity contribution < 1.29 is 4.57 Å². The molecule has 2 heteroatoms. The molecule has 0 aliphatic heterocycles. The average Bonchev–Trinajstić information content (AvgIpc) is 3.16. The van der Waals surface area contributed by atoms with Crippen molar-refractivity contribution >= 4 is 10.9 Å². The Morgan fingerprint density at radius 3 is 1.91 bits per heavy atom. The molecule has 0 unspecified atom stereocenters. The van der Waals surface area contributed by atoms with Crippen LogP contribution in [0.15, 0.2) is 91.1 Å². The van der Waals surface area contributed by atoms with E-state index in [1.54, 1.807) is 0 Å². The standard InChI is InChI=1S/C33H35N2/c1-22(2)28-20-26(25-14-8-7-9-15-25)21-29(23(3)4)33(28)35-30-17-11-10-16-27(30)24(5)32(35)31-18-12-13-19-34(31)6/h7-23H,1-6H3/q+1. The Labute approximate surface area is 209 Å². The Kier molecular flexibility index (Phi) is 6.06. The lowest BCUT2D eigenvalue weighted by Crippen LogP contribution is -2.31. The fraction of sp³-hybridized carbons (Fsp3) is 0.242. The summed E-state index contributed by atoms with van der Waals surface area (Å²) < 4.78 is 4.78. The van der Waals surface area contributed by atoms with Gasteiger partial charge in [0.05, 0.1) is 11.2 Å². The van der Waals surface area contributed by atoms with Crippen LogP contribution >= 0.6 is 0 Å². The molecule has 0 saturated carbocycles. The minimum Gasteiger partial charge on any atom is -0.303 e. The maximum Gasteiger partial charge on any atom is 0.229 e. The van der Waals surface area contributed by atoms with Crippen molar-refractivity contribution in [2.75, 3.05) is 0 Å². The molecule has 0 bridgehead atoms. The van der Waals surface area contributed by atoms with Crippen molar-refractivity contribution in [1.82, 2.24) is 4.57 Å². The van der Waals surface area contributed by atoms with Gasteiger partial charge in [-0.25, -0.2) is 0 Å². The van der Waals surface area contributed by atoms with Gasteiger partial charge in [-0.3, -0.25) is 0 Å². The first-order valence-electron chi connectivity index (χ1n) is 12.7. The van der Waals surface area contributed by atoms with Gasteiger partial charge in [0.15, 0.2) is 6.20 Å². The molecule has 176 valence electrons. The van der Waals surface area contributed by atoms with E-state index < -0.39 is 0 Å². The number of nitrogens with zero attached hydrogens (tertiary/aromatic N) is 2. The molecular weight excluding hydrogens is 424 g/mol. The molecule has 2 heterocycles. The predicted molar refractivity (Wildman–Crippen MR) is 148 cm³/mol. The maximum atomic E-state index is 2.54. The first kappa shape index (κ1) is 23.1. The first-order chi connectivity index (χ1) is 16.9. The molecule has 0 N–H and O–H groups in total. The lowest BCUT2D eigenvalue weighted by Gasteiger charge is -2.24. The van der Waals surface area contributed by atoms with Gasteiger partial charge in [-0.2, -0.15) is 4.57 Å². The lowest BCUT2D eigenvalue weighted by molar-refractivity contribution is -0.660. The molecule has 5 rings (SSSR count). The molecule has 0 aliphatic rings. The van der Waals surface area contributed by atoms with Crippen LogP contribution in [0.2, 0.25) is 0 Å². The summed E-state index contributed by atoms with van der Waals surface area (Å²) in [5.74, 6) is 0.759. The number of pyridine rings is 1. The number of rotatable bonds is 5. The number of hydrogen-bond acceptors (Lipinski definition) is 0. The summed E-state index contributed by atoms with van der Waals surface area (Å²) in [5, 5.41) is 1.31. The van der Waals surface area contributed by atoms with E-state index in [2.05, 4.69) is 142 Å². The highest BCUT2D eigenvalue weighted by molar-refractivity contribution is 5.93. The Hall–Kier alpha value is -3.65. The number of aromatic nitrogens is 2. The van der Waals surface area contributed by atoms with E-state index in [1.165, 1.54) is 55.8 Å². The molecular formula is C33H35N2+. The normalized spacial score (nSPS) is 11.7. The van der Waals surface area contributed by atoms with E-state index in [9.17, 15) is 0 Å². The van der Waals surface area contributed by atoms with Gasteiger partial charge >= 0.3 is 0 Å². The van der Waals surface area contributed by atoms with E-state index in [1.807, 2.05) is 0 Å². The quantitative estimate of drug-likeness (QED) is 0.234. The van der Waals surface area contributed by atoms with Crippen molar-refractivity contribution in [3.63, 3.8) is 0 Å². The second-order valence-corrected chi connectivity index (χ2v) is 10.2. The van der Waals surface area contributed by atoms with Gasteiger partial charge in [-0.15, -0.1) is 0 Å². The molecule has 2 aromatic heterocycles. The average molecular weight is 460 g/mol. The largest absolute Gasteiger partial charge is 0.303 e. The van der Waals surface area contributed by atoms with Crippen LogP contribution in [0.4, 0.5) is 0 Å². The van der Waals surface area contributed by atoms with E-state index >= 15 is 0 Å². The predicted octanol–water partition coefficient (Wildman–Crippen LogP) is 8.34. The second kappa shape index (κ2) is 9.19. The lowest BCUT2D eigenvalue weighted by atomic mass is 9.88. The third-order valence-electron chi connectivity index (χ3n) is 7.17. The SMILES string of the molecule is Cc1c(-c2cccc[n+]2C)n(-c2c(C(C)C)cc(-c3ccccc3)cc2C(C)C)c2ccccc12. The van der Waals surface area contributed by atoms with Crippen molar-refractivity contribution in [3.8, 4) is 28.2 Å². The molecule has 5 aromatic rings. The number of aryl methyl sites for hydroxylation is 2. The fourth-order valence-electron chi connectivity index (χ4n) is 5.33. The Balaban J connectivity index is 1.94. The van der Waals surface area contributed by atoms with Gasteiger partial charge in [0, 0.05) is 17.5 Å². The van der Waals surface area contributed by atoms with E-state index in [4.69, 9.17) is 0 Å². The van der Waals surface area contributed by atoms with Gasteiger partial charge in [-0.05, 0) is 70.8 Å². The zero-order valence-electron chi connectivity index (χ0n) is 21.7. The molecule has 0 saturated heterocycles. The summed E-state index contributed by atoms with van der Waals surface area (Å²) in [7, 11) is 2.14. The Morgan fingerprint density at radius 2 is 1.29 bits per heavy atom. The van der Waals surface area contributed by atoms with Crippen molar-refractivity contribution in [2.45, 2.75) is 46.5 Å².